The molecule has 8 heteroatoms. The van der Waals surface area contributed by atoms with Crippen molar-refractivity contribution in [3.05, 3.63) is 182 Å². The Bertz CT molecular complexity index is 3540. The fourth-order valence-corrected chi connectivity index (χ4v) is 9.65. The molecular formula is C54H34BN3O4. The van der Waals surface area contributed by atoms with E-state index in [2.05, 4.69) is 106 Å². The van der Waals surface area contributed by atoms with E-state index in [9.17, 15) is 20.4 Å². The highest BCUT2D eigenvalue weighted by Crippen LogP contribution is 2.51. The first-order chi connectivity index (χ1) is 30.4. The third-order valence-corrected chi connectivity index (χ3v) is 12.4. The predicted octanol–water partition coefficient (Wildman–Crippen LogP) is 11.9. The summed E-state index contributed by atoms with van der Waals surface area (Å²) in [5, 5.41) is 51.5. The molecule has 62 heavy (non-hydrogen) atoms. The van der Waals surface area contributed by atoms with E-state index in [1.807, 2.05) is 84.9 Å². The Balaban J connectivity index is 1.35. The zero-order valence-corrected chi connectivity index (χ0v) is 33.0. The van der Waals surface area contributed by atoms with Crippen LogP contribution < -0.4 is 5.46 Å². The standard InChI is InChI=1S/C54H34BN3O4/c55-47-51(59)53(61)50(54(62)52(47)60)58-41-27-25-39-37-23-21-33(31-13-5-1-6-14-31)29-43(37)56(35-17-9-3-10-18-35)48(39)45(41)46-42(58)28-26-40-38-24-22-34(32-15-7-2-8-16-32)30-44(38)57(49(40)46)36-19-11-4-12-20-36/h1-30,59-62H. The molecule has 3 aromatic heterocycles. The highest BCUT2D eigenvalue weighted by Gasteiger charge is 2.30. The normalized spacial score (nSPS) is 11.9. The Hall–Kier alpha value is -8.36. The fraction of sp³-hybridized carbons (Fsp3) is 0. The van der Waals surface area contributed by atoms with Crippen LogP contribution in [0.2, 0.25) is 0 Å². The zero-order chi connectivity index (χ0) is 41.8. The van der Waals surface area contributed by atoms with Crippen molar-refractivity contribution >= 4 is 78.7 Å². The van der Waals surface area contributed by atoms with E-state index in [0.717, 1.165) is 88.0 Å². The Morgan fingerprint density at radius 2 is 0.694 bits per heavy atom. The van der Waals surface area contributed by atoms with Gasteiger partial charge in [0.1, 0.15) is 13.5 Å². The Labute approximate surface area is 355 Å². The lowest BCUT2D eigenvalue weighted by Crippen LogP contribution is -2.07. The average molecular weight is 800 g/mol. The van der Waals surface area contributed by atoms with E-state index in [0.29, 0.717) is 11.0 Å². The number of benzene rings is 9. The first-order valence-electron chi connectivity index (χ1n) is 20.4. The van der Waals surface area contributed by atoms with E-state index in [4.69, 9.17) is 7.85 Å². The molecule has 0 amide bonds. The first-order valence-corrected chi connectivity index (χ1v) is 20.4. The number of nitrogens with zero attached hydrogens (tertiary/aromatic N) is 3. The molecule has 292 valence electrons. The van der Waals surface area contributed by atoms with E-state index in [1.54, 1.807) is 4.57 Å². The van der Waals surface area contributed by atoms with Gasteiger partial charge in [0.15, 0.2) is 23.0 Å². The van der Waals surface area contributed by atoms with Gasteiger partial charge in [0.25, 0.3) is 0 Å². The average Bonchev–Trinajstić information content (AvgIpc) is 3.96. The Morgan fingerprint density at radius 3 is 1.10 bits per heavy atom. The third kappa shape index (κ3) is 4.95. The van der Waals surface area contributed by atoms with Crippen molar-refractivity contribution in [1.82, 2.24) is 13.7 Å². The number of phenolic OH excluding ortho intramolecular Hbond substituents is 4. The quantitative estimate of drug-likeness (QED) is 0.0792. The minimum absolute atomic E-state index is 0.199. The Morgan fingerprint density at radius 1 is 0.323 bits per heavy atom. The number of phenols is 4. The number of fused-ring (bicyclic) bond motifs is 11. The van der Waals surface area contributed by atoms with Crippen molar-refractivity contribution in [2.75, 3.05) is 0 Å². The maximum atomic E-state index is 11.7. The second kappa shape index (κ2) is 13.3. The molecule has 0 saturated heterocycles. The van der Waals surface area contributed by atoms with Crippen LogP contribution in [0.15, 0.2) is 182 Å². The molecule has 0 bridgehead atoms. The van der Waals surface area contributed by atoms with Crippen molar-refractivity contribution in [1.29, 1.82) is 0 Å². The largest absolute Gasteiger partial charge is 0.505 e. The summed E-state index contributed by atoms with van der Waals surface area (Å²) < 4.78 is 6.31. The van der Waals surface area contributed by atoms with Gasteiger partial charge in [0, 0.05) is 43.7 Å². The first kappa shape index (κ1) is 35.6. The van der Waals surface area contributed by atoms with Gasteiger partial charge < -0.3 is 34.1 Å². The molecule has 0 spiro atoms. The van der Waals surface area contributed by atoms with Crippen LogP contribution in [0.5, 0.6) is 23.0 Å². The van der Waals surface area contributed by atoms with Gasteiger partial charge in [-0.3, -0.25) is 0 Å². The summed E-state index contributed by atoms with van der Waals surface area (Å²) in [5.41, 5.74) is 10.5. The van der Waals surface area contributed by atoms with Gasteiger partial charge in [-0.25, -0.2) is 0 Å². The molecule has 0 atom stereocenters. The lowest BCUT2D eigenvalue weighted by atomic mass is 9.92. The van der Waals surface area contributed by atoms with Gasteiger partial charge in [-0.15, -0.1) is 0 Å². The molecule has 7 nitrogen and oxygen atoms in total. The van der Waals surface area contributed by atoms with Gasteiger partial charge in [-0.2, -0.15) is 0 Å². The van der Waals surface area contributed by atoms with Gasteiger partial charge in [-0.1, -0.05) is 133 Å². The minimum atomic E-state index is -0.730. The lowest BCUT2D eigenvalue weighted by molar-refractivity contribution is 0.376. The highest BCUT2D eigenvalue weighted by molar-refractivity contribution is 6.37. The van der Waals surface area contributed by atoms with E-state index >= 15 is 0 Å². The summed E-state index contributed by atoms with van der Waals surface area (Å²) in [6, 6.07) is 62.4. The van der Waals surface area contributed by atoms with Crippen molar-refractivity contribution in [3.8, 4) is 62.3 Å². The van der Waals surface area contributed by atoms with E-state index < -0.39 is 28.5 Å². The van der Waals surface area contributed by atoms with Gasteiger partial charge in [-0.05, 0) is 76.2 Å². The van der Waals surface area contributed by atoms with Gasteiger partial charge in [0.05, 0.1) is 33.1 Å². The molecule has 0 aliphatic heterocycles. The molecule has 9 aromatic carbocycles. The summed E-state index contributed by atoms with van der Waals surface area (Å²) in [4.78, 5) is 0. The molecule has 2 radical (unpaired) electrons. The number of para-hydroxylation sites is 2. The second-order valence-corrected chi connectivity index (χ2v) is 15.7. The molecule has 0 unspecified atom stereocenters. The van der Waals surface area contributed by atoms with E-state index in [-0.39, 0.29) is 5.69 Å². The Kier molecular flexibility index (Phi) is 7.65. The molecule has 0 saturated carbocycles. The minimum Gasteiger partial charge on any atom is -0.505 e. The van der Waals surface area contributed by atoms with Crippen molar-refractivity contribution < 1.29 is 20.4 Å². The van der Waals surface area contributed by atoms with Crippen LogP contribution in [-0.2, 0) is 0 Å². The number of rotatable bonds is 5. The molecule has 4 N–H and O–H groups in total. The SMILES string of the molecule is [B]c1c(O)c(O)c(-n2c3ccc4c5ccc(-c6ccccc6)cc5n(-c5ccccc5)c4c3c3c2ccc2c4ccc(-c5ccccc5)cc4n(-c4ccccc4)c23)c(O)c1O. The van der Waals surface area contributed by atoms with Crippen molar-refractivity contribution in [2.45, 2.75) is 0 Å². The molecule has 0 fully saturated rings. The zero-order valence-electron chi connectivity index (χ0n) is 33.0. The molecule has 0 aliphatic carbocycles. The second-order valence-electron chi connectivity index (χ2n) is 15.7. The monoisotopic (exact) mass is 799 g/mol. The van der Waals surface area contributed by atoms with Crippen molar-refractivity contribution in [2.24, 2.45) is 0 Å². The molecule has 12 rings (SSSR count). The van der Waals surface area contributed by atoms with Crippen LogP contribution in [0.3, 0.4) is 0 Å². The summed E-state index contributed by atoms with van der Waals surface area (Å²) in [6.45, 7) is 0. The maximum Gasteiger partial charge on any atom is 0.185 e. The third-order valence-electron chi connectivity index (χ3n) is 12.4. The van der Waals surface area contributed by atoms with Crippen LogP contribution in [0.4, 0.5) is 0 Å². The number of aromatic nitrogens is 3. The van der Waals surface area contributed by atoms with Gasteiger partial charge in [0.2, 0.25) is 0 Å². The van der Waals surface area contributed by atoms with Crippen LogP contribution in [0.1, 0.15) is 0 Å². The van der Waals surface area contributed by atoms with Gasteiger partial charge >= 0.3 is 0 Å². The molecule has 0 aliphatic rings. The van der Waals surface area contributed by atoms with Crippen LogP contribution >= 0.6 is 0 Å². The van der Waals surface area contributed by atoms with Crippen molar-refractivity contribution in [3.63, 3.8) is 0 Å². The number of hydrogen-bond acceptors (Lipinski definition) is 4. The molecular weight excluding hydrogens is 765 g/mol. The summed E-state index contributed by atoms with van der Waals surface area (Å²) in [5.74, 6) is -2.79. The summed E-state index contributed by atoms with van der Waals surface area (Å²) >= 11 is 0. The smallest absolute Gasteiger partial charge is 0.185 e. The fourth-order valence-electron chi connectivity index (χ4n) is 9.65. The highest BCUT2D eigenvalue weighted by atomic mass is 16.3. The lowest BCUT2D eigenvalue weighted by Gasteiger charge is -2.16. The number of hydrogen-bond donors (Lipinski definition) is 4. The van der Waals surface area contributed by atoms with E-state index in [1.165, 1.54) is 0 Å². The predicted molar refractivity (Wildman–Crippen MR) is 252 cm³/mol. The number of aromatic hydroxyl groups is 4. The van der Waals surface area contributed by atoms with Crippen LogP contribution in [-0.4, -0.2) is 42.0 Å². The molecule has 3 heterocycles. The summed E-state index contributed by atoms with van der Waals surface area (Å²) in [6.07, 6.45) is 0. The van der Waals surface area contributed by atoms with Crippen LogP contribution in [0, 0.1) is 0 Å². The maximum absolute atomic E-state index is 11.7. The topological polar surface area (TPSA) is 95.7 Å². The summed E-state index contributed by atoms with van der Waals surface area (Å²) in [7, 11) is 6.01. The van der Waals surface area contributed by atoms with Crippen LogP contribution in [0.25, 0.3) is 105 Å². The molecule has 12 aromatic rings.